The number of hydrogen-bond donors (Lipinski definition) is 1. The number of fused-ring (bicyclic) bond motifs is 2. The van der Waals surface area contributed by atoms with Crippen molar-refractivity contribution in [3.63, 3.8) is 0 Å². The number of carbonyl (C=O) groups excluding carboxylic acids is 2. The summed E-state index contributed by atoms with van der Waals surface area (Å²) < 4.78 is 6.07. The molecule has 3 aliphatic rings. The second-order valence-corrected chi connectivity index (χ2v) is 10.8. The number of amides is 2. The maximum absolute atomic E-state index is 13.2. The summed E-state index contributed by atoms with van der Waals surface area (Å²) >= 11 is 0. The van der Waals surface area contributed by atoms with E-state index in [-0.39, 0.29) is 29.8 Å². The Labute approximate surface area is 217 Å². The number of pyridine rings is 1. The van der Waals surface area contributed by atoms with E-state index in [2.05, 4.69) is 22.0 Å². The van der Waals surface area contributed by atoms with Crippen molar-refractivity contribution >= 4 is 22.7 Å². The Morgan fingerprint density at radius 1 is 0.946 bits per heavy atom. The highest BCUT2D eigenvalue weighted by Crippen LogP contribution is 2.37. The van der Waals surface area contributed by atoms with Gasteiger partial charge in [0.2, 0.25) is 5.91 Å². The standard InChI is InChI=1S/C30H34N4O3/c31-29(35)25-13-15-37-28(25)24(20-6-2-1-3-7-20)12-14-33-16-22-18-34(19-23(22)17-33)30(36)27-11-10-21-8-4-5-9-26(21)32-27/h1-11,22-25,28H,12-19H2,(H2,31,35)/t22?,23?,24-,25?,28?/m0/s1. The van der Waals surface area contributed by atoms with E-state index in [0.717, 1.165) is 50.0 Å². The van der Waals surface area contributed by atoms with E-state index in [9.17, 15) is 9.59 Å². The van der Waals surface area contributed by atoms with E-state index >= 15 is 0 Å². The molecule has 4 unspecified atom stereocenters. The van der Waals surface area contributed by atoms with Gasteiger partial charge in [0.05, 0.1) is 17.5 Å². The molecule has 5 atom stereocenters. The zero-order chi connectivity index (χ0) is 25.4. The van der Waals surface area contributed by atoms with E-state index in [1.54, 1.807) is 0 Å². The minimum Gasteiger partial charge on any atom is -0.377 e. The van der Waals surface area contributed by atoms with Crippen LogP contribution in [0.3, 0.4) is 0 Å². The van der Waals surface area contributed by atoms with Crippen molar-refractivity contribution in [2.75, 3.05) is 39.3 Å². The van der Waals surface area contributed by atoms with Gasteiger partial charge in [-0.25, -0.2) is 4.98 Å². The van der Waals surface area contributed by atoms with Crippen molar-refractivity contribution in [1.29, 1.82) is 0 Å². The number of para-hydroxylation sites is 1. The van der Waals surface area contributed by atoms with E-state index in [4.69, 9.17) is 10.5 Å². The van der Waals surface area contributed by atoms with Gasteiger partial charge in [-0.3, -0.25) is 9.59 Å². The van der Waals surface area contributed by atoms with Crippen molar-refractivity contribution in [2.45, 2.75) is 24.9 Å². The van der Waals surface area contributed by atoms with Gasteiger partial charge in [-0.1, -0.05) is 54.6 Å². The number of nitrogens with zero attached hydrogens (tertiary/aromatic N) is 3. The Hall–Kier alpha value is -3.29. The van der Waals surface area contributed by atoms with Crippen LogP contribution in [-0.4, -0.2) is 72.0 Å². The summed E-state index contributed by atoms with van der Waals surface area (Å²) in [5.41, 5.74) is 8.32. The van der Waals surface area contributed by atoms with E-state index in [1.165, 1.54) is 5.56 Å². The fraction of sp³-hybridized carbons (Fsp3) is 0.433. The van der Waals surface area contributed by atoms with Crippen LogP contribution < -0.4 is 5.73 Å². The van der Waals surface area contributed by atoms with Crippen LogP contribution in [0.5, 0.6) is 0 Å². The molecule has 1 aromatic heterocycles. The Morgan fingerprint density at radius 2 is 1.68 bits per heavy atom. The van der Waals surface area contributed by atoms with Crippen LogP contribution in [0.1, 0.15) is 34.8 Å². The molecule has 7 nitrogen and oxygen atoms in total. The number of ether oxygens (including phenoxy) is 1. The van der Waals surface area contributed by atoms with Crippen LogP contribution in [0.2, 0.25) is 0 Å². The first-order valence-electron chi connectivity index (χ1n) is 13.4. The quantitative estimate of drug-likeness (QED) is 0.540. The molecule has 7 heteroatoms. The summed E-state index contributed by atoms with van der Waals surface area (Å²) in [4.78, 5) is 34.4. The average Bonchev–Trinajstić information content (AvgIpc) is 3.64. The highest BCUT2D eigenvalue weighted by Gasteiger charge is 2.43. The fourth-order valence-corrected chi connectivity index (χ4v) is 6.64. The molecule has 2 amide bonds. The van der Waals surface area contributed by atoms with Crippen LogP contribution in [0.15, 0.2) is 66.7 Å². The van der Waals surface area contributed by atoms with Crippen LogP contribution >= 0.6 is 0 Å². The molecule has 192 valence electrons. The maximum atomic E-state index is 13.2. The number of rotatable bonds is 7. The van der Waals surface area contributed by atoms with Crippen LogP contribution in [0.4, 0.5) is 0 Å². The summed E-state index contributed by atoms with van der Waals surface area (Å²) in [7, 11) is 0. The Morgan fingerprint density at radius 3 is 2.43 bits per heavy atom. The number of primary amides is 1. The summed E-state index contributed by atoms with van der Waals surface area (Å²) in [5, 5.41) is 1.05. The SMILES string of the molecule is NC(=O)C1CCOC1[C@@H](CCN1CC2CN(C(=O)c3ccc4ccccc4n3)CC2C1)c1ccccc1. The molecule has 0 radical (unpaired) electrons. The third kappa shape index (κ3) is 4.86. The first-order chi connectivity index (χ1) is 18.1. The third-order valence-corrected chi connectivity index (χ3v) is 8.55. The van der Waals surface area contributed by atoms with Crippen molar-refractivity contribution in [3.8, 4) is 0 Å². The summed E-state index contributed by atoms with van der Waals surface area (Å²) in [6.45, 7) is 5.08. The third-order valence-electron chi connectivity index (χ3n) is 8.55. The van der Waals surface area contributed by atoms with Crippen molar-refractivity contribution in [1.82, 2.24) is 14.8 Å². The zero-order valence-corrected chi connectivity index (χ0v) is 21.0. The predicted molar refractivity (Wildman–Crippen MR) is 142 cm³/mol. The molecule has 0 spiro atoms. The van der Waals surface area contributed by atoms with E-state index < -0.39 is 0 Å². The normalized spacial score (nSPS) is 26.4. The van der Waals surface area contributed by atoms with Gasteiger partial charge < -0.3 is 20.3 Å². The van der Waals surface area contributed by atoms with Gasteiger partial charge in [0.25, 0.3) is 5.91 Å². The number of benzene rings is 2. The van der Waals surface area contributed by atoms with E-state index in [0.29, 0.717) is 30.6 Å². The molecule has 4 heterocycles. The predicted octanol–water partition coefficient (Wildman–Crippen LogP) is 3.30. The molecular weight excluding hydrogens is 464 g/mol. The Kier molecular flexibility index (Phi) is 6.65. The summed E-state index contributed by atoms with van der Waals surface area (Å²) in [5.74, 6) is 0.656. The average molecular weight is 499 g/mol. The smallest absolute Gasteiger partial charge is 0.272 e. The molecule has 3 saturated heterocycles. The van der Waals surface area contributed by atoms with Gasteiger partial charge in [0, 0.05) is 44.1 Å². The zero-order valence-electron chi connectivity index (χ0n) is 21.0. The number of carbonyl (C=O) groups is 2. The van der Waals surface area contributed by atoms with Crippen molar-refractivity contribution in [2.24, 2.45) is 23.5 Å². The molecule has 0 bridgehead atoms. The van der Waals surface area contributed by atoms with Gasteiger partial charge in [0.1, 0.15) is 5.69 Å². The van der Waals surface area contributed by atoms with Crippen LogP contribution in [0.25, 0.3) is 10.9 Å². The second-order valence-electron chi connectivity index (χ2n) is 10.8. The fourth-order valence-electron chi connectivity index (χ4n) is 6.64. The topological polar surface area (TPSA) is 88.8 Å². The molecule has 3 aromatic rings. The van der Waals surface area contributed by atoms with Crippen molar-refractivity contribution in [3.05, 3.63) is 78.0 Å². The highest BCUT2D eigenvalue weighted by molar-refractivity contribution is 5.95. The molecule has 3 aliphatic heterocycles. The molecule has 0 aliphatic carbocycles. The molecule has 6 rings (SSSR count). The first-order valence-corrected chi connectivity index (χ1v) is 13.4. The lowest BCUT2D eigenvalue weighted by Crippen LogP contribution is -2.37. The van der Waals surface area contributed by atoms with Gasteiger partial charge >= 0.3 is 0 Å². The first kappa shape index (κ1) is 24.1. The highest BCUT2D eigenvalue weighted by atomic mass is 16.5. The van der Waals surface area contributed by atoms with Crippen LogP contribution in [0, 0.1) is 17.8 Å². The lowest BCUT2D eigenvalue weighted by molar-refractivity contribution is -0.123. The maximum Gasteiger partial charge on any atom is 0.272 e. The Balaban J connectivity index is 1.08. The molecule has 37 heavy (non-hydrogen) atoms. The minimum atomic E-state index is -0.259. The summed E-state index contributed by atoms with van der Waals surface area (Å²) in [6.07, 6.45) is 1.46. The molecule has 2 aromatic carbocycles. The second kappa shape index (κ2) is 10.2. The summed E-state index contributed by atoms with van der Waals surface area (Å²) in [6, 6.07) is 22.1. The molecule has 0 saturated carbocycles. The molecule has 3 fully saturated rings. The molecular formula is C30H34N4O3. The lowest BCUT2D eigenvalue weighted by atomic mass is 9.83. The van der Waals surface area contributed by atoms with Gasteiger partial charge in [-0.15, -0.1) is 0 Å². The minimum absolute atomic E-state index is 0.0340. The van der Waals surface area contributed by atoms with Crippen LogP contribution in [-0.2, 0) is 9.53 Å². The number of aromatic nitrogens is 1. The van der Waals surface area contributed by atoms with Gasteiger partial charge in [-0.2, -0.15) is 0 Å². The number of hydrogen-bond acceptors (Lipinski definition) is 5. The number of nitrogens with two attached hydrogens (primary N) is 1. The largest absolute Gasteiger partial charge is 0.377 e. The van der Waals surface area contributed by atoms with Gasteiger partial charge in [-0.05, 0) is 48.9 Å². The van der Waals surface area contributed by atoms with Gasteiger partial charge in [0.15, 0.2) is 0 Å². The van der Waals surface area contributed by atoms with E-state index in [1.807, 2.05) is 59.5 Å². The number of likely N-dealkylation sites (tertiary alicyclic amines) is 2. The Bertz CT molecular complexity index is 1270. The lowest BCUT2D eigenvalue weighted by Gasteiger charge is -2.29. The van der Waals surface area contributed by atoms with Crippen molar-refractivity contribution < 1.29 is 14.3 Å². The molecule has 2 N–H and O–H groups in total. The monoisotopic (exact) mass is 498 g/mol.